The third kappa shape index (κ3) is 5.10. The molecule has 4 N–H and O–H groups in total. The van der Waals surface area contributed by atoms with E-state index < -0.39 is 34.6 Å². The molecule has 6 nitrogen and oxygen atoms in total. The summed E-state index contributed by atoms with van der Waals surface area (Å²) in [5, 5.41) is 29.6. The van der Waals surface area contributed by atoms with Crippen LogP contribution >= 0.6 is 0 Å². The maximum absolute atomic E-state index is 15.8. The lowest BCUT2D eigenvalue weighted by atomic mass is 9.70. The van der Waals surface area contributed by atoms with Crippen LogP contribution in [0.25, 0.3) is 21.5 Å². The zero-order chi connectivity index (χ0) is 31.9. The van der Waals surface area contributed by atoms with E-state index in [1.807, 2.05) is 53.4 Å². The number of aliphatic hydroxyl groups is 2. The summed E-state index contributed by atoms with van der Waals surface area (Å²) in [5.41, 5.74) is 4.03. The second kappa shape index (κ2) is 12.1. The van der Waals surface area contributed by atoms with Gasteiger partial charge in [0.25, 0.3) is 0 Å². The van der Waals surface area contributed by atoms with Crippen LogP contribution in [0.15, 0.2) is 84.9 Å². The van der Waals surface area contributed by atoms with Crippen LogP contribution in [-0.2, 0) is 9.59 Å². The first-order valence-corrected chi connectivity index (χ1v) is 17.3. The molecule has 0 aliphatic heterocycles. The minimum atomic E-state index is -1.41. The molecule has 4 aromatic rings. The molecule has 3 saturated carbocycles. The zero-order valence-corrected chi connectivity index (χ0v) is 26.7. The molecule has 2 atom stereocenters. The van der Waals surface area contributed by atoms with Gasteiger partial charge in [-0.15, -0.1) is 0 Å². The Morgan fingerprint density at radius 2 is 0.957 bits per heavy atom. The normalized spacial score (nSPS) is 21.6. The quantitative estimate of drug-likeness (QED) is 0.177. The molecule has 3 fully saturated rings. The highest BCUT2D eigenvalue weighted by Crippen LogP contribution is 2.55. The van der Waals surface area contributed by atoms with E-state index in [9.17, 15) is 15.0 Å². The molecule has 0 bridgehead atoms. The Hall–Kier alpha value is -3.74. The Bertz CT molecular complexity index is 1630. The van der Waals surface area contributed by atoms with Crippen LogP contribution in [0.1, 0.15) is 107 Å². The average molecular weight is 619 g/mol. The van der Waals surface area contributed by atoms with E-state index in [4.69, 9.17) is 5.73 Å². The first-order valence-electron chi connectivity index (χ1n) is 17.3. The molecule has 2 amide bonds. The number of nitrogens with two attached hydrogens (primary N) is 1. The van der Waals surface area contributed by atoms with Crippen LogP contribution in [0.5, 0.6) is 0 Å². The van der Waals surface area contributed by atoms with Crippen LogP contribution in [0.2, 0.25) is 0 Å². The highest BCUT2D eigenvalue weighted by atomic mass is 16.3. The Kier molecular flexibility index (Phi) is 8.14. The molecule has 4 aromatic carbocycles. The van der Waals surface area contributed by atoms with E-state index in [2.05, 4.69) is 36.4 Å². The van der Waals surface area contributed by atoms with Crippen molar-refractivity contribution in [3.63, 3.8) is 0 Å². The predicted molar refractivity (Wildman–Crippen MR) is 182 cm³/mol. The van der Waals surface area contributed by atoms with Crippen molar-refractivity contribution in [3.8, 4) is 0 Å². The maximum atomic E-state index is 15.8. The molecule has 0 spiro atoms. The number of carbonyl (C=O) groups excluding carboxylic acids is 2. The van der Waals surface area contributed by atoms with E-state index in [1.54, 1.807) is 0 Å². The fourth-order valence-corrected chi connectivity index (χ4v) is 9.25. The number of hydrogen-bond donors (Lipinski definition) is 3. The van der Waals surface area contributed by atoms with Gasteiger partial charge < -0.3 is 20.8 Å². The standard InChI is InChI=1S/C40H46N2O4/c41-36(43)38(22-6-1-7-23-38)37(44)42(34(39(45)24-8-9-25-39)32-20-12-16-28-14-2-4-18-30(28)32)35(40(46)26-10-11-27-40)33-21-13-17-29-15-3-5-19-31(29)33/h2-5,12-21,34-35,45-46H,1,6-11,22-27H2,(H2,41,43). The summed E-state index contributed by atoms with van der Waals surface area (Å²) in [6.07, 6.45) is 8.59. The molecule has 0 radical (unpaired) electrons. The molecule has 0 aromatic heterocycles. The molecule has 0 heterocycles. The Morgan fingerprint density at radius 3 is 1.39 bits per heavy atom. The molecule has 2 unspecified atom stereocenters. The Balaban J connectivity index is 1.57. The lowest BCUT2D eigenvalue weighted by Gasteiger charge is -2.52. The first kappa shape index (κ1) is 30.9. The molecule has 0 saturated heterocycles. The van der Waals surface area contributed by atoms with Crippen LogP contribution < -0.4 is 5.73 Å². The van der Waals surface area contributed by atoms with Gasteiger partial charge in [0, 0.05) is 0 Å². The monoisotopic (exact) mass is 618 g/mol. The van der Waals surface area contributed by atoms with Gasteiger partial charge in [0.15, 0.2) is 0 Å². The lowest BCUT2D eigenvalue weighted by molar-refractivity contribution is -0.173. The van der Waals surface area contributed by atoms with Gasteiger partial charge in [-0.05, 0) is 71.2 Å². The van der Waals surface area contributed by atoms with E-state index in [-0.39, 0.29) is 5.91 Å². The van der Waals surface area contributed by atoms with Crippen LogP contribution in [-0.4, -0.2) is 38.1 Å². The highest BCUT2D eigenvalue weighted by Gasteiger charge is 2.58. The maximum Gasteiger partial charge on any atom is 0.239 e. The van der Waals surface area contributed by atoms with Crippen molar-refractivity contribution in [1.82, 2.24) is 4.90 Å². The van der Waals surface area contributed by atoms with Crippen molar-refractivity contribution in [3.05, 3.63) is 96.1 Å². The topological polar surface area (TPSA) is 104 Å². The number of amides is 2. The molecule has 240 valence electrons. The molecule has 7 rings (SSSR count). The van der Waals surface area contributed by atoms with Crippen molar-refractivity contribution < 1.29 is 19.8 Å². The van der Waals surface area contributed by atoms with Gasteiger partial charge in [-0.1, -0.05) is 130 Å². The first-order chi connectivity index (χ1) is 22.3. The van der Waals surface area contributed by atoms with E-state index in [1.165, 1.54) is 0 Å². The molecular formula is C40H46N2O4. The second-order valence-corrected chi connectivity index (χ2v) is 14.3. The summed E-state index contributed by atoms with van der Waals surface area (Å²) in [5.74, 6) is -0.955. The van der Waals surface area contributed by atoms with Crippen molar-refractivity contribution in [2.75, 3.05) is 0 Å². The zero-order valence-electron chi connectivity index (χ0n) is 26.7. The van der Waals surface area contributed by atoms with Gasteiger partial charge in [-0.2, -0.15) is 0 Å². The van der Waals surface area contributed by atoms with Crippen LogP contribution in [0.3, 0.4) is 0 Å². The van der Waals surface area contributed by atoms with Crippen molar-refractivity contribution >= 4 is 33.4 Å². The predicted octanol–water partition coefficient (Wildman–Crippen LogP) is 7.65. The molecular weight excluding hydrogens is 572 g/mol. The number of nitrogens with zero attached hydrogens (tertiary/aromatic N) is 1. The summed E-state index contributed by atoms with van der Waals surface area (Å²) in [6.45, 7) is 0. The second-order valence-electron chi connectivity index (χ2n) is 14.3. The van der Waals surface area contributed by atoms with Gasteiger partial charge in [0.1, 0.15) is 5.41 Å². The smallest absolute Gasteiger partial charge is 0.239 e. The minimum absolute atomic E-state index is 0.351. The third-order valence-electron chi connectivity index (χ3n) is 11.6. The SMILES string of the molecule is NC(=O)C1(C(=O)N(C(c2cccc3ccccc23)C2(O)CCCC2)C(c2cccc3ccccc23)C2(O)CCCC2)CCCCC1. The summed E-state index contributed by atoms with van der Waals surface area (Å²) >= 11 is 0. The van der Waals surface area contributed by atoms with E-state index in [0.717, 1.165) is 77.6 Å². The number of hydrogen-bond acceptors (Lipinski definition) is 4. The summed E-state index contributed by atoms with van der Waals surface area (Å²) < 4.78 is 0. The van der Waals surface area contributed by atoms with E-state index >= 15 is 4.79 Å². The number of fused-ring (bicyclic) bond motifs is 2. The fraction of sp³-hybridized carbons (Fsp3) is 0.450. The van der Waals surface area contributed by atoms with Crippen molar-refractivity contribution in [2.24, 2.45) is 11.1 Å². The summed E-state index contributed by atoms with van der Waals surface area (Å²) in [7, 11) is 0. The van der Waals surface area contributed by atoms with Gasteiger partial charge >= 0.3 is 0 Å². The van der Waals surface area contributed by atoms with Gasteiger partial charge in [-0.25, -0.2) is 0 Å². The van der Waals surface area contributed by atoms with Crippen molar-refractivity contribution in [1.29, 1.82) is 0 Å². The van der Waals surface area contributed by atoms with E-state index in [0.29, 0.717) is 38.5 Å². The third-order valence-corrected chi connectivity index (χ3v) is 11.6. The summed E-state index contributed by atoms with van der Waals surface area (Å²) in [4.78, 5) is 31.2. The van der Waals surface area contributed by atoms with Crippen LogP contribution in [0.4, 0.5) is 0 Å². The minimum Gasteiger partial charge on any atom is -0.387 e. The average Bonchev–Trinajstić information content (AvgIpc) is 3.73. The highest BCUT2D eigenvalue weighted by molar-refractivity contribution is 6.05. The number of primary amides is 1. The number of rotatable bonds is 8. The largest absolute Gasteiger partial charge is 0.387 e. The molecule has 3 aliphatic carbocycles. The van der Waals surface area contributed by atoms with Crippen LogP contribution in [0, 0.1) is 5.41 Å². The van der Waals surface area contributed by atoms with Crippen molar-refractivity contribution in [2.45, 2.75) is 107 Å². The number of carbonyl (C=O) groups is 2. The Labute approximate surface area is 271 Å². The number of benzene rings is 4. The lowest BCUT2D eigenvalue weighted by Crippen LogP contribution is -2.60. The fourth-order valence-electron chi connectivity index (χ4n) is 9.25. The molecule has 6 heteroatoms. The van der Waals surface area contributed by atoms with Gasteiger partial charge in [0.2, 0.25) is 11.8 Å². The Morgan fingerprint density at radius 1 is 0.565 bits per heavy atom. The van der Waals surface area contributed by atoms with Gasteiger partial charge in [-0.3, -0.25) is 9.59 Å². The molecule has 46 heavy (non-hydrogen) atoms. The van der Waals surface area contributed by atoms with Gasteiger partial charge in [0.05, 0.1) is 23.3 Å². The molecule has 3 aliphatic rings. The summed E-state index contributed by atoms with van der Waals surface area (Å²) in [6, 6.07) is 26.7.